The molecule has 0 aliphatic carbocycles. The van der Waals surface area contributed by atoms with E-state index in [0.29, 0.717) is 18.5 Å². The van der Waals surface area contributed by atoms with Crippen LogP contribution in [0.4, 0.5) is 10.5 Å². The number of nitrogens with one attached hydrogen (secondary N) is 2. The number of hydrogen-bond donors (Lipinski definition) is 2. The fraction of sp³-hybridized carbons (Fsp3) is 0.611. The van der Waals surface area contributed by atoms with E-state index in [1.165, 1.54) is 0 Å². The van der Waals surface area contributed by atoms with Gasteiger partial charge in [-0.05, 0) is 31.5 Å². The number of likely N-dealkylation sites (N-methyl/N-ethyl adjacent to an activating group) is 1. The van der Waals surface area contributed by atoms with Crippen LogP contribution in [-0.2, 0) is 0 Å². The number of anilines is 1. The number of nitrogens with zero attached hydrogens (tertiary/aromatic N) is 2. The topological polar surface area (TPSA) is 47.6 Å². The number of rotatable bonds is 6. The molecule has 1 aliphatic rings. The summed E-state index contributed by atoms with van der Waals surface area (Å²) in [6.07, 6.45) is 1.11. The third kappa shape index (κ3) is 6.20. The van der Waals surface area contributed by atoms with Gasteiger partial charge in [-0.1, -0.05) is 32.0 Å². The molecule has 1 aromatic carbocycles. The van der Waals surface area contributed by atoms with Crippen LogP contribution in [0, 0.1) is 5.92 Å². The summed E-state index contributed by atoms with van der Waals surface area (Å²) in [5.41, 5.74) is 0.824. The van der Waals surface area contributed by atoms with Gasteiger partial charge >= 0.3 is 6.03 Å². The first-order valence-electron chi connectivity index (χ1n) is 8.57. The quantitative estimate of drug-likeness (QED) is 0.847. The van der Waals surface area contributed by atoms with E-state index in [9.17, 15) is 4.79 Å². The first-order chi connectivity index (χ1) is 11.0. The van der Waals surface area contributed by atoms with Crippen LogP contribution in [0.5, 0.6) is 0 Å². The minimum atomic E-state index is -0.126. The molecule has 0 saturated carbocycles. The maximum absolute atomic E-state index is 12.1. The molecule has 0 bridgehead atoms. The lowest BCUT2D eigenvalue weighted by molar-refractivity contribution is 0.100. The number of piperazine rings is 1. The van der Waals surface area contributed by atoms with Crippen molar-refractivity contribution >= 4 is 11.7 Å². The molecule has 1 saturated heterocycles. The molecule has 1 aromatic rings. The Bertz CT molecular complexity index is 469. The van der Waals surface area contributed by atoms with Gasteiger partial charge in [0.1, 0.15) is 0 Å². The molecule has 1 aliphatic heterocycles. The predicted molar refractivity (Wildman–Crippen MR) is 95.8 cm³/mol. The molecule has 5 heteroatoms. The van der Waals surface area contributed by atoms with E-state index < -0.39 is 0 Å². The van der Waals surface area contributed by atoms with Gasteiger partial charge in [-0.15, -0.1) is 0 Å². The fourth-order valence-corrected chi connectivity index (χ4v) is 3.00. The molecule has 2 amide bonds. The highest BCUT2D eigenvalue weighted by Gasteiger charge is 2.23. The van der Waals surface area contributed by atoms with E-state index >= 15 is 0 Å². The largest absolute Gasteiger partial charge is 0.336 e. The number of para-hydroxylation sites is 1. The molecular formula is C18H30N4O. The third-order valence-electron chi connectivity index (χ3n) is 4.33. The van der Waals surface area contributed by atoms with Crippen LogP contribution < -0.4 is 10.6 Å². The third-order valence-corrected chi connectivity index (χ3v) is 4.33. The minimum absolute atomic E-state index is 0.126. The minimum Gasteiger partial charge on any atom is -0.336 e. The normalized spacial score (nSPS) is 17.9. The molecule has 5 nitrogen and oxygen atoms in total. The zero-order valence-corrected chi connectivity index (χ0v) is 14.6. The summed E-state index contributed by atoms with van der Waals surface area (Å²) < 4.78 is 0. The number of hydrogen-bond acceptors (Lipinski definition) is 3. The van der Waals surface area contributed by atoms with Gasteiger partial charge in [0.15, 0.2) is 0 Å². The average molecular weight is 318 g/mol. The van der Waals surface area contributed by atoms with Crippen molar-refractivity contribution in [2.45, 2.75) is 26.3 Å². The number of carbonyl (C=O) groups excluding carboxylic acids is 1. The SMILES string of the molecule is CC(C)CC(CNC(=O)Nc1ccccc1)N1CCN(C)CC1. The molecule has 2 rings (SSSR count). The Kier molecular flexibility index (Phi) is 6.86. The molecule has 0 spiro atoms. The molecule has 1 atom stereocenters. The van der Waals surface area contributed by atoms with E-state index in [1.807, 2.05) is 30.3 Å². The van der Waals surface area contributed by atoms with Crippen molar-refractivity contribution in [3.8, 4) is 0 Å². The molecule has 2 N–H and O–H groups in total. The van der Waals surface area contributed by atoms with E-state index in [1.54, 1.807) is 0 Å². The molecule has 23 heavy (non-hydrogen) atoms. The lowest BCUT2D eigenvalue weighted by atomic mass is 10.0. The highest BCUT2D eigenvalue weighted by atomic mass is 16.2. The summed E-state index contributed by atoms with van der Waals surface area (Å²) in [7, 11) is 2.17. The van der Waals surface area contributed by atoms with Gasteiger partial charge in [-0.25, -0.2) is 4.79 Å². The van der Waals surface area contributed by atoms with Gasteiger partial charge in [0.25, 0.3) is 0 Å². The lowest BCUT2D eigenvalue weighted by Gasteiger charge is -2.38. The Morgan fingerprint density at radius 1 is 1.13 bits per heavy atom. The van der Waals surface area contributed by atoms with Gasteiger partial charge in [0, 0.05) is 44.5 Å². The highest BCUT2D eigenvalue weighted by molar-refractivity contribution is 5.89. The second kappa shape index (κ2) is 8.89. The number of urea groups is 1. The average Bonchev–Trinajstić information content (AvgIpc) is 2.53. The van der Waals surface area contributed by atoms with Crippen LogP contribution in [0.15, 0.2) is 30.3 Å². The van der Waals surface area contributed by atoms with Crippen molar-refractivity contribution < 1.29 is 4.79 Å². The van der Waals surface area contributed by atoms with E-state index in [2.05, 4.69) is 41.3 Å². The summed E-state index contributed by atoms with van der Waals surface area (Å²) in [6, 6.07) is 9.85. The molecule has 1 unspecified atom stereocenters. The Hall–Kier alpha value is -1.59. The maximum Gasteiger partial charge on any atom is 0.319 e. The van der Waals surface area contributed by atoms with Crippen LogP contribution >= 0.6 is 0 Å². The van der Waals surface area contributed by atoms with Gasteiger partial charge in [-0.2, -0.15) is 0 Å². The molecule has 0 radical (unpaired) electrons. The monoisotopic (exact) mass is 318 g/mol. The molecule has 1 fully saturated rings. The summed E-state index contributed by atoms with van der Waals surface area (Å²) >= 11 is 0. The fourth-order valence-electron chi connectivity index (χ4n) is 3.00. The van der Waals surface area contributed by atoms with Crippen molar-refractivity contribution in [2.24, 2.45) is 5.92 Å². The van der Waals surface area contributed by atoms with Crippen LogP contribution in [0.2, 0.25) is 0 Å². The molecule has 1 heterocycles. The van der Waals surface area contributed by atoms with Gasteiger partial charge in [0.2, 0.25) is 0 Å². The highest BCUT2D eigenvalue weighted by Crippen LogP contribution is 2.13. The lowest BCUT2D eigenvalue weighted by Crippen LogP contribution is -2.53. The van der Waals surface area contributed by atoms with Crippen molar-refractivity contribution in [3.63, 3.8) is 0 Å². The first kappa shape index (κ1) is 17.8. The Balaban J connectivity index is 1.83. The van der Waals surface area contributed by atoms with Crippen molar-refractivity contribution in [2.75, 3.05) is 45.1 Å². The van der Waals surface area contributed by atoms with Gasteiger partial charge in [0.05, 0.1) is 0 Å². The zero-order chi connectivity index (χ0) is 16.7. The van der Waals surface area contributed by atoms with Crippen molar-refractivity contribution in [1.82, 2.24) is 15.1 Å². The second-order valence-electron chi connectivity index (χ2n) is 6.82. The Labute approximate surface area is 140 Å². The number of benzene rings is 1. The van der Waals surface area contributed by atoms with Gasteiger partial charge in [-0.3, -0.25) is 4.90 Å². The maximum atomic E-state index is 12.1. The van der Waals surface area contributed by atoms with Crippen LogP contribution in [-0.4, -0.2) is 61.6 Å². The van der Waals surface area contributed by atoms with E-state index in [4.69, 9.17) is 0 Å². The smallest absolute Gasteiger partial charge is 0.319 e. The Morgan fingerprint density at radius 2 is 1.78 bits per heavy atom. The summed E-state index contributed by atoms with van der Waals surface area (Å²) in [6.45, 7) is 9.54. The first-order valence-corrected chi connectivity index (χ1v) is 8.57. The standard InChI is InChI=1S/C18H30N4O/c1-15(2)13-17(22-11-9-21(3)10-12-22)14-19-18(23)20-16-7-5-4-6-8-16/h4-8,15,17H,9-14H2,1-3H3,(H2,19,20,23). The van der Waals surface area contributed by atoms with E-state index in [-0.39, 0.29) is 6.03 Å². The zero-order valence-electron chi connectivity index (χ0n) is 14.6. The number of carbonyl (C=O) groups is 1. The van der Waals surface area contributed by atoms with Crippen molar-refractivity contribution in [1.29, 1.82) is 0 Å². The van der Waals surface area contributed by atoms with Gasteiger partial charge < -0.3 is 15.5 Å². The van der Waals surface area contributed by atoms with Crippen LogP contribution in [0.3, 0.4) is 0 Å². The summed E-state index contributed by atoms with van der Waals surface area (Å²) in [5, 5.41) is 5.92. The summed E-state index contributed by atoms with van der Waals surface area (Å²) in [5.74, 6) is 0.624. The summed E-state index contributed by atoms with van der Waals surface area (Å²) in [4.78, 5) is 17.0. The molecular weight excluding hydrogens is 288 g/mol. The van der Waals surface area contributed by atoms with E-state index in [0.717, 1.165) is 38.3 Å². The molecule has 0 aromatic heterocycles. The molecule has 128 valence electrons. The number of amides is 2. The van der Waals surface area contributed by atoms with Crippen molar-refractivity contribution in [3.05, 3.63) is 30.3 Å². The van der Waals surface area contributed by atoms with Crippen LogP contribution in [0.25, 0.3) is 0 Å². The Morgan fingerprint density at radius 3 is 2.39 bits per heavy atom. The second-order valence-corrected chi connectivity index (χ2v) is 6.82. The predicted octanol–water partition coefficient (Wildman–Crippen LogP) is 2.47. The van der Waals surface area contributed by atoms with Crippen LogP contribution in [0.1, 0.15) is 20.3 Å².